The summed E-state index contributed by atoms with van der Waals surface area (Å²) in [7, 11) is 1.65. The number of ether oxygens (including phenoxy) is 2. The van der Waals surface area contributed by atoms with Crippen molar-refractivity contribution in [2.45, 2.75) is 20.4 Å². The SMILES string of the molecule is CCOc1ccc(NCc2ccc(C)cc2Br)cc1OC. The molecule has 2 aromatic rings. The Morgan fingerprint density at radius 2 is 1.90 bits per heavy atom. The highest BCUT2D eigenvalue weighted by Crippen LogP contribution is 2.30. The van der Waals surface area contributed by atoms with Crippen LogP contribution in [0.1, 0.15) is 18.1 Å². The Morgan fingerprint density at radius 1 is 1.10 bits per heavy atom. The molecule has 3 nitrogen and oxygen atoms in total. The molecule has 0 amide bonds. The van der Waals surface area contributed by atoms with Crippen LogP contribution in [0.2, 0.25) is 0 Å². The van der Waals surface area contributed by atoms with Crippen LogP contribution in [-0.2, 0) is 6.54 Å². The van der Waals surface area contributed by atoms with Gasteiger partial charge in [0.25, 0.3) is 0 Å². The number of benzene rings is 2. The fraction of sp³-hybridized carbons (Fsp3) is 0.294. The van der Waals surface area contributed by atoms with Crippen molar-refractivity contribution in [1.29, 1.82) is 0 Å². The molecule has 0 atom stereocenters. The number of halogens is 1. The number of hydrogen-bond acceptors (Lipinski definition) is 3. The molecule has 0 unspecified atom stereocenters. The highest BCUT2D eigenvalue weighted by Gasteiger charge is 2.06. The largest absolute Gasteiger partial charge is 0.493 e. The van der Waals surface area contributed by atoms with Gasteiger partial charge in [0, 0.05) is 22.8 Å². The van der Waals surface area contributed by atoms with Gasteiger partial charge in [-0.2, -0.15) is 0 Å². The number of hydrogen-bond donors (Lipinski definition) is 1. The molecule has 0 saturated carbocycles. The van der Waals surface area contributed by atoms with Gasteiger partial charge in [-0.25, -0.2) is 0 Å². The van der Waals surface area contributed by atoms with E-state index >= 15 is 0 Å². The molecule has 1 N–H and O–H groups in total. The highest BCUT2D eigenvalue weighted by atomic mass is 79.9. The van der Waals surface area contributed by atoms with E-state index in [2.05, 4.69) is 46.4 Å². The first-order valence-electron chi connectivity index (χ1n) is 6.93. The third kappa shape index (κ3) is 4.14. The van der Waals surface area contributed by atoms with Gasteiger partial charge >= 0.3 is 0 Å². The van der Waals surface area contributed by atoms with E-state index in [0.717, 1.165) is 28.2 Å². The molecular weight excluding hydrogens is 330 g/mol. The second kappa shape index (κ2) is 7.36. The second-order valence-corrected chi connectivity index (χ2v) is 5.60. The zero-order valence-corrected chi connectivity index (χ0v) is 14.2. The van der Waals surface area contributed by atoms with Crippen LogP contribution in [0.15, 0.2) is 40.9 Å². The summed E-state index contributed by atoms with van der Waals surface area (Å²) in [4.78, 5) is 0. The van der Waals surface area contributed by atoms with Crippen LogP contribution in [0.5, 0.6) is 11.5 Å². The van der Waals surface area contributed by atoms with Crippen LogP contribution in [0.25, 0.3) is 0 Å². The minimum atomic E-state index is 0.624. The van der Waals surface area contributed by atoms with Gasteiger partial charge in [-0.05, 0) is 43.2 Å². The zero-order chi connectivity index (χ0) is 15.2. The monoisotopic (exact) mass is 349 g/mol. The Morgan fingerprint density at radius 3 is 2.57 bits per heavy atom. The number of rotatable bonds is 6. The van der Waals surface area contributed by atoms with E-state index in [-0.39, 0.29) is 0 Å². The van der Waals surface area contributed by atoms with Crippen LogP contribution in [-0.4, -0.2) is 13.7 Å². The first-order chi connectivity index (χ1) is 10.1. The Labute approximate surface area is 134 Å². The minimum absolute atomic E-state index is 0.624. The van der Waals surface area contributed by atoms with Crippen molar-refractivity contribution in [3.8, 4) is 11.5 Å². The predicted octanol–water partition coefficient (Wildman–Crippen LogP) is 4.78. The van der Waals surface area contributed by atoms with Crippen molar-refractivity contribution in [3.63, 3.8) is 0 Å². The summed E-state index contributed by atoms with van der Waals surface area (Å²) in [5.74, 6) is 1.51. The quantitative estimate of drug-likeness (QED) is 0.814. The van der Waals surface area contributed by atoms with E-state index in [1.165, 1.54) is 11.1 Å². The van der Waals surface area contributed by atoms with Crippen molar-refractivity contribution in [2.75, 3.05) is 19.0 Å². The van der Waals surface area contributed by atoms with Crippen molar-refractivity contribution in [1.82, 2.24) is 0 Å². The van der Waals surface area contributed by atoms with Gasteiger partial charge in [0.15, 0.2) is 11.5 Å². The van der Waals surface area contributed by atoms with E-state index in [0.29, 0.717) is 6.61 Å². The van der Waals surface area contributed by atoms with Crippen LogP contribution >= 0.6 is 15.9 Å². The maximum absolute atomic E-state index is 5.52. The molecule has 0 fully saturated rings. The Hall–Kier alpha value is -1.68. The van der Waals surface area contributed by atoms with Crippen molar-refractivity contribution >= 4 is 21.6 Å². The van der Waals surface area contributed by atoms with Gasteiger partial charge in [0.2, 0.25) is 0 Å². The summed E-state index contributed by atoms with van der Waals surface area (Å²) in [5, 5.41) is 3.40. The third-order valence-corrected chi connectivity index (χ3v) is 3.89. The maximum atomic E-state index is 5.52. The van der Waals surface area contributed by atoms with E-state index in [1.807, 2.05) is 25.1 Å². The van der Waals surface area contributed by atoms with E-state index in [1.54, 1.807) is 7.11 Å². The Bertz CT molecular complexity index is 614. The van der Waals surface area contributed by atoms with Gasteiger partial charge in [0.1, 0.15) is 0 Å². The summed E-state index contributed by atoms with van der Waals surface area (Å²) in [6.45, 7) is 5.41. The lowest BCUT2D eigenvalue weighted by atomic mass is 10.1. The molecule has 21 heavy (non-hydrogen) atoms. The van der Waals surface area contributed by atoms with Crippen molar-refractivity contribution in [3.05, 3.63) is 52.0 Å². The minimum Gasteiger partial charge on any atom is -0.493 e. The molecule has 0 aliphatic heterocycles. The molecule has 0 heterocycles. The smallest absolute Gasteiger partial charge is 0.162 e. The average molecular weight is 350 g/mol. The standard InChI is InChI=1S/C17H20BrNO2/c1-4-21-16-8-7-14(10-17(16)20-3)19-11-13-6-5-12(2)9-15(13)18/h5-10,19H,4,11H2,1-3H3. The highest BCUT2D eigenvalue weighted by molar-refractivity contribution is 9.10. The summed E-state index contributed by atoms with van der Waals surface area (Å²) < 4.78 is 12.0. The van der Waals surface area contributed by atoms with Gasteiger partial charge in [-0.15, -0.1) is 0 Å². The van der Waals surface area contributed by atoms with Crippen LogP contribution in [0.4, 0.5) is 5.69 Å². The number of anilines is 1. The van der Waals surface area contributed by atoms with Crippen molar-refractivity contribution < 1.29 is 9.47 Å². The zero-order valence-electron chi connectivity index (χ0n) is 12.6. The third-order valence-electron chi connectivity index (χ3n) is 3.15. The van der Waals surface area contributed by atoms with Crippen LogP contribution < -0.4 is 14.8 Å². The Balaban J connectivity index is 2.09. The first kappa shape index (κ1) is 15.7. The lowest BCUT2D eigenvalue weighted by molar-refractivity contribution is 0.311. The molecular formula is C17H20BrNO2. The van der Waals surface area contributed by atoms with E-state index in [4.69, 9.17) is 9.47 Å². The van der Waals surface area contributed by atoms with Gasteiger partial charge in [0.05, 0.1) is 13.7 Å². The van der Waals surface area contributed by atoms with Crippen LogP contribution in [0, 0.1) is 6.92 Å². The first-order valence-corrected chi connectivity index (χ1v) is 7.73. The average Bonchev–Trinajstić information content (AvgIpc) is 2.47. The van der Waals surface area contributed by atoms with Gasteiger partial charge in [-0.1, -0.05) is 28.1 Å². The number of nitrogens with one attached hydrogen (secondary N) is 1. The van der Waals surface area contributed by atoms with Crippen LogP contribution in [0.3, 0.4) is 0 Å². The lowest BCUT2D eigenvalue weighted by Gasteiger charge is -2.13. The molecule has 112 valence electrons. The van der Waals surface area contributed by atoms with E-state index in [9.17, 15) is 0 Å². The van der Waals surface area contributed by atoms with E-state index < -0.39 is 0 Å². The Kier molecular flexibility index (Phi) is 5.51. The molecule has 4 heteroatoms. The second-order valence-electron chi connectivity index (χ2n) is 4.75. The van der Waals surface area contributed by atoms with Gasteiger partial charge < -0.3 is 14.8 Å². The predicted molar refractivity (Wildman–Crippen MR) is 90.4 cm³/mol. The molecule has 0 radical (unpaired) electrons. The summed E-state index contributed by atoms with van der Waals surface area (Å²) in [5.41, 5.74) is 3.46. The molecule has 0 bridgehead atoms. The van der Waals surface area contributed by atoms with Crippen molar-refractivity contribution in [2.24, 2.45) is 0 Å². The molecule has 0 spiro atoms. The molecule has 0 aromatic heterocycles. The lowest BCUT2D eigenvalue weighted by Crippen LogP contribution is -2.02. The maximum Gasteiger partial charge on any atom is 0.162 e. The summed E-state index contributed by atoms with van der Waals surface area (Å²) >= 11 is 3.60. The molecule has 0 aliphatic carbocycles. The fourth-order valence-electron chi connectivity index (χ4n) is 2.05. The normalized spacial score (nSPS) is 10.3. The molecule has 2 rings (SSSR count). The molecule has 0 saturated heterocycles. The summed E-state index contributed by atoms with van der Waals surface area (Å²) in [6, 6.07) is 12.2. The topological polar surface area (TPSA) is 30.5 Å². The number of methoxy groups -OCH3 is 1. The summed E-state index contributed by atoms with van der Waals surface area (Å²) in [6.07, 6.45) is 0. The number of aryl methyl sites for hydroxylation is 1. The van der Waals surface area contributed by atoms with Gasteiger partial charge in [-0.3, -0.25) is 0 Å². The molecule has 0 aliphatic rings. The molecule has 2 aromatic carbocycles. The fourth-order valence-corrected chi connectivity index (χ4v) is 2.68.